The lowest BCUT2D eigenvalue weighted by Gasteiger charge is -2.12. The topological polar surface area (TPSA) is 63.6 Å². The Morgan fingerprint density at radius 2 is 1.89 bits per heavy atom. The molecule has 2 aromatic rings. The van der Waals surface area contributed by atoms with Crippen LogP contribution in [0.4, 0.5) is 0 Å². The summed E-state index contributed by atoms with van der Waals surface area (Å²) in [5, 5.41) is 9.08. The van der Waals surface area contributed by atoms with Crippen molar-refractivity contribution in [3.8, 4) is 5.75 Å². The van der Waals surface area contributed by atoms with Gasteiger partial charge in [-0.25, -0.2) is 0 Å². The van der Waals surface area contributed by atoms with Crippen molar-refractivity contribution in [3.05, 3.63) is 64.7 Å². The first-order chi connectivity index (χ1) is 13.6. The van der Waals surface area contributed by atoms with E-state index in [9.17, 15) is 9.59 Å². The third kappa shape index (κ3) is 3.61. The number of carbonyl (C=O) groups excluding carboxylic acids is 2. The number of benzene rings is 2. The second-order valence-corrected chi connectivity index (χ2v) is 7.89. The number of aliphatic hydroxyl groups is 1. The van der Waals surface area contributed by atoms with Crippen LogP contribution < -0.4 is 4.74 Å². The van der Waals surface area contributed by atoms with Gasteiger partial charge in [0.05, 0.1) is 12.2 Å². The van der Waals surface area contributed by atoms with Crippen molar-refractivity contribution in [2.24, 2.45) is 11.8 Å². The van der Waals surface area contributed by atoms with Crippen LogP contribution in [-0.2, 0) is 0 Å². The van der Waals surface area contributed by atoms with E-state index in [0.29, 0.717) is 48.2 Å². The van der Waals surface area contributed by atoms with Crippen molar-refractivity contribution < 1.29 is 19.4 Å². The fourth-order valence-corrected chi connectivity index (χ4v) is 4.28. The van der Waals surface area contributed by atoms with E-state index in [1.807, 2.05) is 31.2 Å². The van der Waals surface area contributed by atoms with E-state index in [2.05, 4.69) is 12.1 Å². The molecule has 1 N–H and O–H groups in total. The van der Waals surface area contributed by atoms with Gasteiger partial charge in [0.1, 0.15) is 5.75 Å². The van der Waals surface area contributed by atoms with Gasteiger partial charge in [-0.3, -0.25) is 9.59 Å². The van der Waals surface area contributed by atoms with Crippen LogP contribution in [-0.4, -0.2) is 29.9 Å². The van der Waals surface area contributed by atoms with Crippen LogP contribution in [0, 0.1) is 11.8 Å². The second kappa shape index (κ2) is 7.88. The molecule has 1 heterocycles. The third-order valence-corrected chi connectivity index (χ3v) is 6.05. The fourth-order valence-electron chi connectivity index (χ4n) is 4.28. The van der Waals surface area contributed by atoms with Crippen LogP contribution in [0.5, 0.6) is 5.75 Å². The Hall–Kier alpha value is -2.46. The number of fused-ring (bicyclic) bond motifs is 1. The van der Waals surface area contributed by atoms with Gasteiger partial charge in [0.15, 0.2) is 11.6 Å². The number of ether oxygens (including phenoxy) is 1. The van der Waals surface area contributed by atoms with E-state index >= 15 is 0 Å². The van der Waals surface area contributed by atoms with Crippen LogP contribution >= 0.6 is 0 Å². The Balaban J connectivity index is 1.67. The summed E-state index contributed by atoms with van der Waals surface area (Å²) >= 11 is 0. The number of Topliss-reactive ketones (excluding diaryl/α,β-unsaturated/α-hetero) is 2. The van der Waals surface area contributed by atoms with Gasteiger partial charge in [0.2, 0.25) is 0 Å². The molecule has 4 heteroatoms. The summed E-state index contributed by atoms with van der Waals surface area (Å²) < 4.78 is 5.94. The summed E-state index contributed by atoms with van der Waals surface area (Å²) in [4.78, 5) is 25.5. The molecule has 1 fully saturated rings. The third-order valence-electron chi connectivity index (χ3n) is 6.05. The van der Waals surface area contributed by atoms with Gasteiger partial charge in [-0.15, -0.1) is 0 Å². The average molecular weight is 378 g/mol. The number of aliphatic hydroxyl groups excluding tert-OH is 1. The summed E-state index contributed by atoms with van der Waals surface area (Å²) in [6.45, 7) is 2.50. The van der Waals surface area contributed by atoms with Crippen molar-refractivity contribution in [1.82, 2.24) is 0 Å². The lowest BCUT2D eigenvalue weighted by molar-refractivity contribution is 0.0973. The van der Waals surface area contributed by atoms with Crippen molar-refractivity contribution in [1.29, 1.82) is 0 Å². The Bertz CT molecular complexity index is 887. The molecule has 2 aliphatic rings. The second-order valence-electron chi connectivity index (χ2n) is 7.89. The van der Waals surface area contributed by atoms with Crippen LogP contribution in [0.1, 0.15) is 70.4 Å². The van der Waals surface area contributed by atoms with E-state index in [-0.39, 0.29) is 24.1 Å². The summed E-state index contributed by atoms with van der Waals surface area (Å²) in [7, 11) is 0. The Kier molecular flexibility index (Phi) is 5.31. The molecule has 0 aromatic heterocycles. The van der Waals surface area contributed by atoms with Crippen LogP contribution in [0.3, 0.4) is 0 Å². The Morgan fingerprint density at radius 1 is 1.11 bits per heavy atom. The van der Waals surface area contributed by atoms with Crippen molar-refractivity contribution in [2.75, 3.05) is 13.2 Å². The average Bonchev–Trinajstić information content (AvgIpc) is 3.30. The summed E-state index contributed by atoms with van der Waals surface area (Å²) in [5.74, 6) is 1.58. The maximum Gasteiger partial charge on any atom is 0.166 e. The van der Waals surface area contributed by atoms with Crippen LogP contribution in [0.25, 0.3) is 0 Å². The van der Waals surface area contributed by atoms with E-state index in [4.69, 9.17) is 9.84 Å². The van der Waals surface area contributed by atoms with Gasteiger partial charge < -0.3 is 9.84 Å². The van der Waals surface area contributed by atoms with E-state index in [1.54, 1.807) is 6.07 Å². The molecule has 3 atom stereocenters. The van der Waals surface area contributed by atoms with Crippen molar-refractivity contribution in [2.45, 2.75) is 38.5 Å². The molecule has 2 aromatic carbocycles. The highest BCUT2D eigenvalue weighted by atomic mass is 16.5. The van der Waals surface area contributed by atoms with E-state index < -0.39 is 0 Å². The predicted octanol–water partition coefficient (Wildman–Crippen LogP) is 4.39. The zero-order valence-corrected chi connectivity index (χ0v) is 16.2. The van der Waals surface area contributed by atoms with E-state index in [1.165, 1.54) is 0 Å². The molecule has 0 saturated heterocycles. The summed E-state index contributed by atoms with van der Waals surface area (Å²) in [6, 6.07) is 13.7. The Labute approximate surface area is 165 Å². The maximum atomic E-state index is 12.9. The minimum absolute atomic E-state index is 0.00388. The molecule has 1 saturated carbocycles. The number of hydrogen-bond acceptors (Lipinski definition) is 4. The standard InChI is InChI=1S/C24H26O4/c1-2-22(26)20-12-18(23(27)13-17-10-16(17)8-9-25)11-19-21(14-28-24(19)20)15-6-4-3-5-7-15/h3-7,11-12,16-17,21,25H,2,8-10,13-14H2,1H3/t16-,17+,21?/m0/s1. The number of hydrogen-bond donors (Lipinski definition) is 1. The molecule has 28 heavy (non-hydrogen) atoms. The minimum atomic E-state index is 0.00388. The number of rotatable bonds is 8. The van der Waals surface area contributed by atoms with Crippen LogP contribution in [0.15, 0.2) is 42.5 Å². The van der Waals surface area contributed by atoms with Crippen molar-refractivity contribution >= 4 is 11.6 Å². The molecular weight excluding hydrogens is 352 g/mol. The van der Waals surface area contributed by atoms with Crippen molar-refractivity contribution in [3.63, 3.8) is 0 Å². The molecule has 0 spiro atoms. The highest BCUT2D eigenvalue weighted by molar-refractivity contribution is 6.04. The first-order valence-corrected chi connectivity index (χ1v) is 10.1. The fraction of sp³-hybridized carbons (Fsp3) is 0.417. The number of ketones is 2. The largest absolute Gasteiger partial charge is 0.492 e. The van der Waals surface area contributed by atoms with Gasteiger partial charge in [-0.05, 0) is 42.4 Å². The summed E-state index contributed by atoms with van der Waals surface area (Å²) in [5.41, 5.74) is 3.21. The van der Waals surface area contributed by atoms with Gasteiger partial charge in [0.25, 0.3) is 0 Å². The van der Waals surface area contributed by atoms with Gasteiger partial charge in [-0.2, -0.15) is 0 Å². The zero-order valence-electron chi connectivity index (χ0n) is 16.2. The molecule has 0 amide bonds. The first kappa shape index (κ1) is 18.9. The number of carbonyl (C=O) groups is 2. The predicted molar refractivity (Wildman–Crippen MR) is 107 cm³/mol. The molecular formula is C24H26O4. The lowest BCUT2D eigenvalue weighted by atomic mass is 9.88. The van der Waals surface area contributed by atoms with Gasteiger partial charge in [0, 0.05) is 36.5 Å². The molecule has 4 rings (SSSR count). The summed E-state index contributed by atoms with van der Waals surface area (Å²) in [6.07, 6.45) is 2.64. The molecule has 0 bridgehead atoms. The molecule has 0 radical (unpaired) electrons. The molecule has 1 aliphatic carbocycles. The quantitative estimate of drug-likeness (QED) is 0.692. The zero-order chi connectivity index (χ0) is 19.7. The SMILES string of the molecule is CCC(=O)c1cc(C(=O)C[C@H]2C[C@@H]2CCO)cc2c1OCC2c1ccccc1. The van der Waals surface area contributed by atoms with E-state index in [0.717, 1.165) is 24.0 Å². The lowest BCUT2D eigenvalue weighted by Crippen LogP contribution is -2.07. The molecule has 4 nitrogen and oxygen atoms in total. The van der Waals surface area contributed by atoms with Gasteiger partial charge >= 0.3 is 0 Å². The highest BCUT2D eigenvalue weighted by Crippen LogP contribution is 2.45. The van der Waals surface area contributed by atoms with Crippen LogP contribution in [0.2, 0.25) is 0 Å². The Morgan fingerprint density at radius 3 is 2.61 bits per heavy atom. The minimum Gasteiger partial charge on any atom is -0.492 e. The smallest absolute Gasteiger partial charge is 0.166 e. The normalized spacial score (nSPS) is 22.4. The highest BCUT2D eigenvalue weighted by Gasteiger charge is 2.38. The first-order valence-electron chi connectivity index (χ1n) is 10.1. The molecule has 1 aliphatic heterocycles. The van der Waals surface area contributed by atoms with Gasteiger partial charge in [-0.1, -0.05) is 37.3 Å². The maximum absolute atomic E-state index is 12.9. The molecule has 1 unspecified atom stereocenters. The molecule has 146 valence electrons. The monoisotopic (exact) mass is 378 g/mol.